The molecule has 2 heterocycles. The van der Waals surface area contributed by atoms with E-state index in [0.29, 0.717) is 22.3 Å². The van der Waals surface area contributed by atoms with Crippen LogP contribution in [0.3, 0.4) is 0 Å². The van der Waals surface area contributed by atoms with Gasteiger partial charge in [0.2, 0.25) is 5.95 Å². The standard InChI is InChI=1S/C21H24ClFN6O/c1-11-7-18(17(23)9-15(11)13-3-5-14(30)6-4-13)25-21-24-10-16(22)20(27-21)26-19-8-12(2)28-29-19/h7-10,13-14,30H,3-6H2,1-2H3,(H3,24,25,26,27,28,29)/t13-,14+. The first-order chi connectivity index (χ1) is 14.4. The smallest absolute Gasteiger partial charge is 0.229 e. The number of aliphatic hydroxyl groups excluding tert-OH is 1. The molecule has 1 fully saturated rings. The Kier molecular flexibility index (Phi) is 5.87. The van der Waals surface area contributed by atoms with Gasteiger partial charge in [-0.1, -0.05) is 11.6 Å². The second-order valence-electron chi connectivity index (χ2n) is 7.77. The van der Waals surface area contributed by atoms with E-state index in [9.17, 15) is 9.50 Å². The Morgan fingerprint density at radius 2 is 1.90 bits per heavy atom. The first-order valence-corrected chi connectivity index (χ1v) is 10.3. The number of anilines is 4. The largest absolute Gasteiger partial charge is 0.393 e. The minimum atomic E-state index is -0.363. The summed E-state index contributed by atoms with van der Waals surface area (Å²) in [7, 11) is 0. The zero-order valence-electron chi connectivity index (χ0n) is 16.8. The van der Waals surface area contributed by atoms with Crippen molar-refractivity contribution >= 4 is 34.9 Å². The quantitative estimate of drug-likeness (QED) is 0.448. The predicted octanol–water partition coefficient (Wildman–Crippen LogP) is 5.11. The van der Waals surface area contributed by atoms with Gasteiger partial charge in [0.05, 0.1) is 18.0 Å². The molecule has 0 bridgehead atoms. The Hall–Kier alpha value is -2.71. The van der Waals surface area contributed by atoms with Crippen LogP contribution in [-0.2, 0) is 0 Å². The molecule has 9 heteroatoms. The molecule has 1 aliphatic rings. The van der Waals surface area contributed by atoms with Gasteiger partial charge in [0.1, 0.15) is 10.8 Å². The van der Waals surface area contributed by atoms with Crippen molar-refractivity contribution in [3.05, 3.63) is 52.1 Å². The number of halogens is 2. The fraction of sp³-hybridized carbons (Fsp3) is 0.381. The number of H-pyrrole nitrogens is 1. The Balaban J connectivity index is 1.54. The van der Waals surface area contributed by atoms with E-state index in [4.69, 9.17) is 11.6 Å². The highest BCUT2D eigenvalue weighted by atomic mass is 35.5. The van der Waals surface area contributed by atoms with E-state index in [1.54, 1.807) is 12.1 Å². The molecule has 4 rings (SSSR count). The summed E-state index contributed by atoms with van der Waals surface area (Å²) in [5.74, 6) is 1.08. The number of aromatic nitrogens is 4. The molecular formula is C21H24ClFN6O. The number of nitrogens with one attached hydrogen (secondary N) is 3. The topological polar surface area (TPSA) is 98.8 Å². The number of benzene rings is 1. The number of nitrogens with zero attached hydrogens (tertiary/aromatic N) is 3. The SMILES string of the molecule is Cc1cc(Nc2nc(Nc3cc(C)c([C@H]4CC[C@@H](O)CC4)cc3F)ncc2Cl)n[nH]1. The van der Waals surface area contributed by atoms with E-state index in [2.05, 4.69) is 30.8 Å². The third-order valence-electron chi connectivity index (χ3n) is 5.44. The lowest BCUT2D eigenvalue weighted by molar-refractivity contribution is 0.122. The molecule has 7 nitrogen and oxygen atoms in total. The zero-order chi connectivity index (χ0) is 21.3. The molecule has 2 aromatic heterocycles. The fourth-order valence-electron chi connectivity index (χ4n) is 3.86. The van der Waals surface area contributed by atoms with E-state index in [-0.39, 0.29) is 23.8 Å². The molecule has 0 saturated heterocycles. The molecule has 3 aromatic rings. The van der Waals surface area contributed by atoms with Crippen molar-refractivity contribution in [1.29, 1.82) is 0 Å². The molecule has 0 unspecified atom stereocenters. The van der Waals surface area contributed by atoms with Crippen molar-refractivity contribution < 1.29 is 9.50 Å². The van der Waals surface area contributed by atoms with Gasteiger partial charge in [-0.3, -0.25) is 5.10 Å². The summed E-state index contributed by atoms with van der Waals surface area (Å²) in [5.41, 5.74) is 3.19. The molecular weight excluding hydrogens is 407 g/mol. The molecule has 0 radical (unpaired) electrons. The van der Waals surface area contributed by atoms with Gasteiger partial charge in [-0.25, -0.2) is 9.37 Å². The first-order valence-electron chi connectivity index (χ1n) is 9.95. The number of hydrogen-bond donors (Lipinski definition) is 4. The summed E-state index contributed by atoms with van der Waals surface area (Å²) in [5, 5.41) is 22.9. The third-order valence-corrected chi connectivity index (χ3v) is 5.71. The van der Waals surface area contributed by atoms with Gasteiger partial charge >= 0.3 is 0 Å². The second kappa shape index (κ2) is 8.57. The van der Waals surface area contributed by atoms with E-state index >= 15 is 0 Å². The number of aromatic amines is 1. The molecule has 30 heavy (non-hydrogen) atoms. The molecule has 1 aromatic carbocycles. The Morgan fingerprint density at radius 1 is 1.13 bits per heavy atom. The zero-order valence-corrected chi connectivity index (χ0v) is 17.6. The summed E-state index contributed by atoms with van der Waals surface area (Å²) < 4.78 is 14.9. The van der Waals surface area contributed by atoms with Crippen molar-refractivity contribution in [3.8, 4) is 0 Å². The number of aliphatic hydroxyl groups is 1. The lowest BCUT2D eigenvalue weighted by atomic mass is 9.81. The van der Waals surface area contributed by atoms with Crippen molar-refractivity contribution in [2.75, 3.05) is 10.6 Å². The van der Waals surface area contributed by atoms with Crippen LogP contribution in [0.1, 0.15) is 48.4 Å². The van der Waals surface area contributed by atoms with Gasteiger partial charge in [0.25, 0.3) is 0 Å². The number of aryl methyl sites for hydroxylation is 2. The normalized spacial score (nSPS) is 19.0. The fourth-order valence-corrected chi connectivity index (χ4v) is 4.00. The lowest BCUT2D eigenvalue weighted by Crippen LogP contribution is -2.17. The molecule has 0 atom stereocenters. The lowest BCUT2D eigenvalue weighted by Gasteiger charge is -2.27. The molecule has 0 spiro atoms. The summed E-state index contributed by atoms with van der Waals surface area (Å²) in [6, 6.07) is 5.18. The highest BCUT2D eigenvalue weighted by Gasteiger charge is 2.23. The summed E-state index contributed by atoms with van der Waals surface area (Å²) >= 11 is 6.18. The minimum absolute atomic E-state index is 0.223. The Morgan fingerprint density at radius 3 is 2.60 bits per heavy atom. The third kappa shape index (κ3) is 4.55. The highest BCUT2D eigenvalue weighted by molar-refractivity contribution is 6.32. The molecule has 1 saturated carbocycles. The van der Waals surface area contributed by atoms with E-state index in [1.165, 1.54) is 6.20 Å². The van der Waals surface area contributed by atoms with Gasteiger partial charge in [-0.2, -0.15) is 10.1 Å². The van der Waals surface area contributed by atoms with Crippen molar-refractivity contribution in [2.24, 2.45) is 0 Å². The van der Waals surface area contributed by atoms with Crippen LogP contribution in [0.5, 0.6) is 0 Å². The van der Waals surface area contributed by atoms with Crippen LogP contribution in [0, 0.1) is 19.7 Å². The van der Waals surface area contributed by atoms with Crippen LogP contribution in [0.25, 0.3) is 0 Å². The van der Waals surface area contributed by atoms with Crippen molar-refractivity contribution in [3.63, 3.8) is 0 Å². The van der Waals surface area contributed by atoms with Crippen LogP contribution in [-0.4, -0.2) is 31.4 Å². The minimum Gasteiger partial charge on any atom is -0.393 e. The summed E-state index contributed by atoms with van der Waals surface area (Å²) in [6.45, 7) is 3.86. The Labute approximate surface area is 179 Å². The average molecular weight is 431 g/mol. The maximum absolute atomic E-state index is 14.9. The number of rotatable bonds is 5. The van der Waals surface area contributed by atoms with Crippen LogP contribution >= 0.6 is 11.6 Å². The van der Waals surface area contributed by atoms with Crippen molar-refractivity contribution in [2.45, 2.75) is 51.6 Å². The number of hydrogen-bond acceptors (Lipinski definition) is 6. The van der Waals surface area contributed by atoms with Gasteiger partial charge in [0.15, 0.2) is 11.6 Å². The molecule has 4 N–H and O–H groups in total. The maximum Gasteiger partial charge on any atom is 0.229 e. The van der Waals surface area contributed by atoms with E-state index < -0.39 is 0 Å². The van der Waals surface area contributed by atoms with Crippen LogP contribution < -0.4 is 10.6 Å². The second-order valence-corrected chi connectivity index (χ2v) is 8.18. The van der Waals surface area contributed by atoms with Gasteiger partial charge in [-0.05, 0) is 68.7 Å². The van der Waals surface area contributed by atoms with Crippen LogP contribution in [0.4, 0.5) is 27.7 Å². The van der Waals surface area contributed by atoms with E-state index in [1.807, 2.05) is 19.9 Å². The molecule has 0 amide bonds. The van der Waals surface area contributed by atoms with Crippen LogP contribution in [0.2, 0.25) is 5.02 Å². The highest BCUT2D eigenvalue weighted by Crippen LogP contribution is 2.36. The first kappa shape index (κ1) is 20.6. The monoisotopic (exact) mass is 430 g/mol. The van der Waals surface area contributed by atoms with Crippen molar-refractivity contribution in [1.82, 2.24) is 20.2 Å². The van der Waals surface area contributed by atoms with Gasteiger partial charge < -0.3 is 15.7 Å². The predicted molar refractivity (Wildman–Crippen MR) is 115 cm³/mol. The maximum atomic E-state index is 14.9. The average Bonchev–Trinajstić information content (AvgIpc) is 3.12. The summed E-state index contributed by atoms with van der Waals surface area (Å²) in [4.78, 5) is 8.51. The van der Waals surface area contributed by atoms with Crippen LogP contribution in [0.15, 0.2) is 24.4 Å². The molecule has 0 aliphatic heterocycles. The summed E-state index contributed by atoms with van der Waals surface area (Å²) in [6.07, 6.45) is 4.48. The Bertz CT molecular complexity index is 1050. The molecule has 158 valence electrons. The van der Waals surface area contributed by atoms with Gasteiger partial charge in [-0.15, -0.1) is 0 Å². The molecule has 1 aliphatic carbocycles. The van der Waals surface area contributed by atoms with Gasteiger partial charge in [0, 0.05) is 11.8 Å². The van der Waals surface area contributed by atoms with E-state index in [0.717, 1.165) is 42.5 Å².